The first-order valence-electron chi connectivity index (χ1n) is 7.16. The Kier molecular flexibility index (Phi) is 4.12. The predicted octanol–water partition coefficient (Wildman–Crippen LogP) is 2.14. The zero-order valence-electron chi connectivity index (χ0n) is 12.1. The van der Waals surface area contributed by atoms with Gasteiger partial charge in [0.2, 0.25) is 0 Å². The summed E-state index contributed by atoms with van der Waals surface area (Å²) in [5.41, 5.74) is 6.94. The van der Waals surface area contributed by atoms with E-state index < -0.39 is 0 Å². The van der Waals surface area contributed by atoms with Gasteiger partial charge in [-0.15, -0.1) is 0 Å². The molecule has 106 valence electrons. The molecular formula is C14H24N4O. The van der Waals surface area contributed by atoms with Gasteiger partial charge in [-0.3, -0.25) is 9.48 Å². The van der Waals surface area contributed by atoms with E-state index >= 15 is 0 Å². The van der Waals surface area contributed by atoms with Gasteiger partial charge in [0.1, 0.15) is 5.69 Å². The summed E-state index contributed by atoms with van der Waals surface area (Å²) in [6.45, 7) is 7.82. The molecule has 0 aliphatic heterocycles. The van der Waals surface area contributed by atoms with Crippen LogP contribution in [0.4, 0.5) is 5.69 Å². The zero-order chi connectivity index (χ0) is 14.0. The number of nitrogens with two attached hydrogens (primary N) is 1. The molecule has 2 rings (SSSR count). The highest BCUT2D eigenvalue weighted by atomic mass is 16.2. The lowest BCUT2D eigenvalue weighted by Gasteiger charge is -2.24. The molecule has 1 saturated carbocycles. The molecule has 1 aromatic heterocycles. The Labute approximate surface area is 114 Å². The minimum absolute atomic E-state index is 0.0417. The second-order valence-electron chi connectivity index (χ2n) is 5.68. The van der Waals surface area contributed by atoms with E-state index in [4.69, 9.17) is 5.73 Å². The molecule has 19 heavy (non-hydrogen) atoms. The third-order valence-electron chi connectivity index (χ3n) is 3.57. The Bertz CT molecular complexity index is 448. The third-order valence-corrected chi connectivity index (χ3v) is 3.57. The Morgan fingerprint density at radius 1 is 1.58 bits per heavy atom. The van der Waals surface area contributed by atoms with Crippen LogP contribution in [-0.4, -0.2) is 33.2 Å². The lowest BCUT2D eigenvalue weighted by Crippen LogP contribution is -2.36. The summed E-state index contributed by atoms with van der Waals surface area (Å²) < 4.78 is 1.70. The topological polar surface area (TPSA) is 64.2 Å². The Morgan fingerprint density at radius 3 is 2.79 bits per heavy atom. The Balaban J connectivity index is 2.16. The number of amides is 1. The van der Waals surface area contributed by atoms with E-state index in [1.165, 1.54) is 0 Å². The number of carbonyl (C=O) groups excluding carboxylic acids is 1. The molecule has 0 aromatic carbocycles. The molecule has 1 amide bonds. The van der Waals surface area contributed by atoms with Crippen LogP contribution in [0.5, 0.6) is 0 Å². The number of nitrogen functional groups attached to an aromatic ring is 1. The van der Waals surface area contributed by atoms with E-state index in [1.54, 1.807) is 10.9 Å². The number of aromatic nitrogens is 2. The maximum Gasteiger partial charge on any atom is 0.274 e. The van der Waals surface area contributed by atoms with Gasteiger partial charge in [-0.05, 0) is 32.1 Å². The minimum atomic E-state index is 0.0417. The highest BCUT2D eigenvalue weighted by Gasteiger charge is 2.34. The van der Waals surface area contributed by atoms with Crippen molar-refractivity contribution in [3.8, 4) is 0 Å². The first-order valence-corrected chi connectivity index (χ1v) is 7.16. The monoisotopic (exact) mass is 264 g/mol. The van der Waals surface area contributed by atoms with E-state index in [9.17, 15) is 4.79 Å². The fourth-order valence-corrected chi connectivity index (χ4v) is 2.24. The molecule has 5 nitrogen and oxygen atoms in total. The average Bonchev–Trinajstić information content (AvgIpc) is 3.12. The fourth-order valence-electron chi connectivity index (χ4n) is 2.24. The lowest BCUT2D eigenvalue weighted by atomic mass is 10.1. The highest BCUT2D eigenvalue weighted by molar-refractivity contribution is 5.97. The van der Waals surface area contributed by atoms with Crippen LogP contribution in [0.2, 0.25) is 0 Å². The van der Waals surface area contributed by atoms with Crippen molar-refractivity contribution >= 4 is 11.6 Å². The van der Waals surface area contributed by atoms with E-state index in [0.29, 0.717) is 29.9 Å². The van der Waals surface area contributed by atoms with Gasteiger partial charge in [-0.2, -0.15) is 5.10 Å². The number of rotatable bonds is 6. The van der Waals surface area contributed by atoms with Crippen LogP contribution in [0.25, 0.3) is 0 Å². The van der Waals surface area contributed by atoms with Gasteiger partial charge in [-0.25, -0.2) is 0 Å². The normalized spacial score (nSPS) is 14.9. The van der Waals surface area contributed by atoms with E-state index in [1.807, 2.05) is 11.8 Å². The first kappa shape index (κ1) is 13.9. The minimum Gasteiger partial charge on any atom is -0.396 e. The summed E-state index contributed by atoms with van der Waals surface area (Å²) in [5.74, 6) is 0.641. The molecule has 0 unspecified atom stereocenters. The summed E-state index contributed by atoms with van der Waals surface area (Å²) >= 11 is 0. The standard InChI is InChI=1S/C14H24N4O/c1-4-18-13(12(15)9-16-18)14(19)17(11-5-6-11)8-7-10(2)3/h9-11H,4-8,15H2,1-3H3. The summed E-state index contributed by atoms with van der Waals surface area (Å²) in [6, 6.07) is 0.408. The van der Waals surface area contributed by atoms with Crippen LogP contribution in [-0.2, 0) is 6.54 Å². The van der Waals surface area contributed by atoms with Crippen LogP contribution >= 0.6 is 0 Å². The lowest BCUT2D eigenvalue weighted by molar-refractivity contribution is 0.0724. The van der Waals surface area contributed by atoms with Gasteiger partial charge in [0.05, 0.1) is 11.9 Å². The maximum absolute atomic E-state index is 12.7. The smallest absolute Gasteiger partial charge is 0.274 e. The van der Waals surface area contributed by atoms with Gasteiger partial charge in [-0.1, -0.05) is 13.8 Å². The molecule has 0 saturated heterocycles. The molecule has 1 aromatic rings. The molecule has 1 aliphatic carbocycles. The Morgan fingerprint density at radius 2 is 2.26 bits per heavy atom. The number of anilines is 1. The quantitative estimate of drug-likeness (QED) is 0.856. The molecule has 1 heterocycles. The number of carbonyl (C=O) groups is 1. The zero-order valence-corrected chi connectivity index (χ0v) is 12.1. The molecule has 1 fully saturated rings. The summed E-state index contributed by atoms with van der Waals surface area (Å²) in [7, 11) is 0. The number of nitrogens with zero attached hydrogens (tertiary/aromatic N) is 3. The van der Waals surface area contributed by atoms with E-state index in [2.05, 4.69) is 18.9 Å². The number of hydrogen-bond acceptors (Lipinski definition) is 3. The summed E-state index contributed by atoms with van der Waals surface area (Å²) in [6.07, 6.45) is 4.83. The number of aryl methyl sites for hydroxylation is 1. The average molecular weight is 264 g/mol. The second kappa shape index (κ2) is 5.63. The fraction of sp³-hybridized carbons (Fsp3) is 0.714. The molecule has 1 aliphatic rings. The van der Waals surface area contributed by atoms with Crippen molar-refractivity contribution in [3.63, 3.8) is 0 Å². The van der Waals surface area contributed by atoms with Crippen molar-refractivity contribution in [1.82, 2.24) is 14.7 Å². The van der Waals surface area contributed by atoms with Gasteiger partial charge >= 0.3 is 0 Å². The Hall–Kier alpha value is -1.52. The van der Waals surface area contributed by atoms with Crippen LogP contribution in [0.1, 0.15) is 50.5 Å². The molecule has 2 N–H and O–H groups in total. The molecule has 5 heteroatoms. The van der Waals surface area contributed by atoms with Gasteiger partial charge in [0.15, 0.2) is 0 Å². The van der Waals surface area contributed by atoms with Gasteiger partial charge in [0, 0.05) is 19.1 Å². The molecule has 0 bridgehead atoms. The van der Waals surface area contributed by atoms with Crippen molar-refractivity contribution < 1.29 is 4.79 Å². The largest absolute Gasteiger partial charge is 0.396 e. The van der Waals surface area contributed by atoms with Gasteiger partial charge in [0.25, 0.3) is 5.91 Å². The molecule has 0 spiro atoms. The van der Waals surface area contributed by atoms with E-state index in [0.717, 1.165) is 25.8 Å². The predicted molar refractivity (Wildman–Crippen MR) is 75.8 cm³/mol. The number of hydrogen-bond donors (Lipinski definition) is 1. The van der Waals surface area contributed by atoms with Crippen molar-refractivity contribution in [2.24, 2.45) is 5.92 Å². The van der Waals surface area contributed by atoms with Crippen LogP contribution in [0.3, 0.4) is 0 Å². The van der Waals surface area contributed by atoms with Gasteiger partial charge < -0.3 is 10.6 Å². The highest BCUT2D eigenvalue weighted by Crippen LogP contribution is 2.29. The van der Waals surface area contributed by atoms with Crippen molar-refractivity contribution in [2.75, 3.05) is 12.3 Å². The summed E-state index contributed by atoms with van der Waals surface area (Å²) in [4.78, 5) is 14.7. The van der Waals surface area contributed by atoms with Crippen molar-refractivity contribution in [3.05, 3.63) is 11.9 Å². The maximum atomic E-state index is 12.7. The van der Waals surface area contributed by atoms with E-state index in [-0.39, 0.29) is 5.91 Å². The van der Waals surface area contributed by atoms with Crippen LogP contribution in [0, 0.1) is 5.92 Å². The van der Waals surface area contributed by atoms with Crippen LogP contribution in [0.15, 0.2) is 6.20 Å². The molecule has 0 atom stereocenters. The third kappa shape index (κ3) is 3.08. The van der Waals surface area contributed by atoms with Crippen LogP contribution < -0.4 is 5.73 Å². The molecular weight excluding hydrogens is 240 g/mol. The first-order chi connectivity index (χ1) is 9.04. The summed E-state index contributed by atoms with van der Waals surface area (Å²) in [5, 5.41) is 4.16. The second-order valence-corrected chi connectivity index (χ2v) is 5.68. The SMILES string of the molecule is CCn1ncc(N)c1C(=O)N(CCC(C)C)C1CC1. The van der Waals surface area contributed by atoms with Crippen molar-refractivity contribution in [2.45, 2.75) is 52.6 Å². The van der Waals surface area contributed by atoms with Crippen molar-refractivity contribution in [1.29, 1.82) is 0 Å². The molecule has 0 radical (unpaired) electrons.